The van der Waals surface area contributed by atoms with Gasteiger partial charge in [0.2, 0.25) is 5.91 Å². The molecular formula is C12H16N2O2. The van der Waals surface area contributed by atoms with Crippen molar-refractivity contribution in [1.82, 2.24) is 10.2 Å². The lowest BCUT2D eigenvalue weighted by atomic mass is 9.91. The Balaban J connectivity index is 1.83. The van der Waals surface area contributed by atoms with Crippen LogP contribution in [0.15, 0.2) is 11.8 Å². The fourth-order valence-electron chi connectivity index (χ4n) is 3.12. The predicted molar refractivity (Wildman–Crippen MR) is 58.6 cm³/mol. The summed E-state index contributed by atoms with van der Waals surface area (Å²) in [7, 11) is 0. The molecule has 0 spiro atoms. The molecule has 1 N–H and O–H groups in total. The number of hydrogen-bond acceptors (Lipinski definition) is 3. The third-order valence-corrected chi connectivity index (χ3v) is 3.93. The number of allylic oxidation sites excluding steroid dienone is 2. The molecule has 0 aromatic carbocycles. The number of likely N-dealkylation sites (tertiary alicyclic amines) is 1. The van der Waals surface area contributed by atoms with Crippen LogP contribution in [0, 0.1) is 5.92 Å². The molecule has 0 radical (unpaired) electrons. The minimum atomic E-state index is 0.144. The maximum absolute atomic E-state index is 11.6. The van der Waals surface area contributed by atoms with Crippen LogP contribution in [-0.4, -0.2) is 35.7 Å². The van der Waals surface area contributed by atoms with E-state index >= 15 is 0 Å². The Labute approximate surface area is 94.7 Å². The van der Waals surface area contributed by atoms with Crippen LogP contribution in [-0.2, 0) is 9.59 Å². The van der Waals surface area contributed by atoms with Gasteiger partial charge in [0.15, 0.2) is 5.78 Å². The molecule has 16 heavy (non-hydrogen) atoms. The van der Waals surface area contributed by atoms with Crippen molar-refractivity contribution in [3.63, 3.8) is 0 Å². The first-order chi connectivity index (χ1) is 7.75. The third-order valence-electron chi connectivity index (χ3n) is 3.93. The molecule has 0 aromatic heterocycles. The summed E-state index contributed by atoms with van der Waals surface area (Å²) < 4.78 is 0. The van der Waals surface area contributed by atoms with Gasteiger partial charge >= 0.3 is 0 Å². The maximum atomic E-state index is 11.6. The maximum Gasteiger partial charge on any atom is 0.225 e. The Morgan fingerprint density at radius 2 is 2.19 bits per heavy atom. The summed E-state index contributed by atoms with van der Waals surface area (Å²) in [5.41, 5.74) is 1.15. The van der Waals surface area contributed by atoms with E-state index < -0.39 is 0 Å². The number of nitrogens with one attached hydrogen (secondary N) is 1. The van der Waals surface area contributed by atoms with Crippen molar-refractivity contribution in [2.24, 2.45) is 5.92 Å². The number of hydrogen-bond donors (Lipinski definition) is 1. The first-order valence-electron chi connectivity index (χ1n) is 6.03. The van der Waals surface area contributed by atoms with Gasteiger partial charge in [-0.3, -0.25) is 9.59 Å². The van der Waals surface area contributed by atoms with E-state index in [4.69, 9.17) is 0 Å². The average molecular weight is 220 g/mol. The van der Waals surface area contributed by atoms with Gasteiger partial charge in [-0.2, -0.15) is 0 Å². The smallest absolute Gasteiger partial charge is 0.225 e. The van der Waals surface area contributed by atoms with E-state index in [1.807, 2.05) is 0 Å². The van der Waals surface area contributed by atoms with E-state index in [0.29, 0.717) is 12.5 Å². The van der Waals surface area contributed by atoms with Crippen LogP contribution < -0.4 is 5.32 Å². The normalized spacial score (nSPS) is 33.8. The second kappa shape index (κ2) is 3.61. The Hall–Kier alpha value is -1.32. The molecule has 2 unspecified atom stereocenters. The molecule has 1 amide bonds. The van der Waals surface area contributed by atoms with Gasteiger partial charge in [0, 0.05) is 31.3 Å². The molecule has 86 valence electrons. The van der Waals surface area contributed by atoms with Gasteiger partial charge < -0.3 is 10.2 Å². The lowest BCUT2D eigenvalue weighted by molar-refractivity contribution is -0.123. The summed E-state index contributed by atoms with van der Waals surface area (Å²) in [4.78, 5) is 25.2. The van der Waals surface area contributed by atoms with Gasteiger partial charge in [0.25, 0.3) is 0 Å². The highest BCUT2D eigenvalue weighted by Gasteiger charge is 2.41. The highest BCUT2D eigenvalue weighted by Crippen LogP contribution is 2.32. The predicted octanol–water partition coefficient (Wildman–Crippen LogP) is 0.444. The Morgan fingerprint density at radius 1 is 1.31 bits per heavy atom. The number of ketones is 1. The zero-order valence-electron chi connectivity index (χ0n) is 9.24. The van der Waals surface area contributed by atoms with Crippen LogP contribution in [0.25, 0.3) is 0 Å². The summed E-state index contributed by atoms with van der Waals surface area (Å²) >= 11 is 0. The van der Waals surface area contributed by atoms with E-state index in [0.717, 1.165) is 38.0 Å². The van der Waals surface area contributed by atoms with Gasteiger partial charge in [-0.05, 0) is 19.3 Å². The zero-order valence-corrected chi connectivity index (χ0v) is 9.24. The monoisotopic (exact) mass is 220 g/mol. The molecule has 0 bridgehead atoms. The highest BCUT2D eigenvalue weighted by molar-refractivity contribution is 5.92. The second-order valence-corrected chi connectivity index (χ2v) is 4.86. The second-order valence-electron chi connectivity index (χ2n) is 4.86. The average Bonchev–Trinajstić information content (AvgIpc) is 2.86. The summed E-state index contributed by atoms with van der Waals surface area (Å²) in [6.07, 6.45) is 5.32. The first-order valence-corrected chi connectivity index (χ1v) is 6.03. The van der Waals surface area contributed by atoms with Crippen molar-refractivity contribution in [3.05, 3.63) is 11.8 Å². The van der Waals surface area contributed by atoms with E-state index in [1.54, 1.807) is 6.08 Å². The standard InChI is InChI=1S/C12H16N2O2/c15-9-4-3-8(6-9)14-5-1-2-10-11(14)7-13-12(10)16/h6,10-11H,1-5,7H2,(H,13,16). The number of piperidine rings is 1. The minimum Gasteiger partial charge on any atom is -0.369 e. The Kier molecular flexibility index (Phi) is 2.23. The van der Waals surface area contributed by atoms with Gasteiger partial charge in [-0.1, -0.05) is 0 Å². The molecule has 2 heterocycles. The number of fused-ring (bicyclic) bond motifs is 1. The van der Waals surface area contributed by atoms with Crippen molar-refractivity contribution < 1.29 is 9.59 Å². The van der Waals surface area contributed by atoms with Crippen molar-refractivity contribution in [2.75, 3.05) is 13.1 Å². The molecule has 3 aliphatic rings. The fourth-order valence-corrected chi connectivity index (χ4v) is 3.12. The van der Waals surface area contributed by atoms with Crippen LogP contribution in [0.1, 0.15) is 25.7 Å². The van der Waals surface area contributed by atoms with Crippen molar-refractivity contribution in [3.8, 4) is 0 Å². The molecule has 3 rings (SSSR count). The van der Waals surface area contributed by atoms with Crippen molar-refractivity contribution >= 4 is 11.7 Å². The highest BCUT2D eigenvalue weighted by atomic mass is 16.2. The molecule has 2 fully saturated rings. The topological polar surface area (TPSA) is 49.4 Å². The molecule has 0 saturated carbocycles. The number of carbonyl (C=O) groups excluding carboxylic acids is 2. The molecule has 0 aromatic rings. The zero-order chi connectivity index (χ0) is 11.1. The van der Waals surface area contributed by atoms with Gasteiger partial charge in [0.05, 0.1) is 12.0 Å². The van der Waals surface area contributed by atoms with Gasteiger partial charge in [-0.25, -0.2) is 0 Å². The summed E-state index contributed by atoms with van der Waals surface area (Å²) in [5.74, 6) is 0.569. The lowest BCUT2D eigenvalue weighted by Crippen LogP contribution is -2.44. The Morgan fingerprint density at radius 3 is 2.94 bits per heavy atom. The molecule has 2 atom stereocenters. The van der Waals surface area contributed by atoms with Crippen LogP contribution in [0.2, 0.25) is 0 Å². The van der Waals surface area contributed by atoms with Gasteiger partial charge in [-0.15, -0.1) is 0 Å². The largest absolute Gasteiger partial charge is 0.369 e. The number of amides is 1. The van der Waals surface area contributed by atoms with E-state index in [1.165, 1.54) is 0 Å². The molecule has 2 saturated heterocycles. The molecule has 4 heteroatoms. The van der Waals surface area contributed by atoms with Crippen LogP contribution >= 0.6 is 0 Å². The SMILES string of the molecule is O=C1C=C(N2CCCC3C(=O)NCC32)CC1. The van der Waals surface area contributed by atoms with Crippen molar-refractivity contribution in [2.45, 2.75) is 31.7 Å². The Bertz CT molecular complexity index is 375. The quantitative estimate of drug-likeness (QED) is 0.697. The van der Waals surface area contributed by atoms with E-state index in [-0.39, 0.29) is 17.6 Å². The molecule has 2 aliphatic heterocycles. The first kappa shape index (κ1) is 9.87. The van der Waals surface area contributed by atoms with E-state index in [9.17, 15) is 9.59 Å². The van der Waals surface area contributed by atoms with Crippen LogP contribution in [0.5, 0.6) is 0 Å². The van der Waals surface area contributed by atoms with Crippen LogP contribution in [0.4, 0.5) is 0 Å². The van der Waals surface area contributed by atoms with Gasteiger partial charge in [0.1, 0.15) is 0 Å². The molecule has 1 aliphatic carbocycles. The van der Waals surface area contributed by atoms with Crippen molar-refractivity contribution in [1.29, 1.82) is 0 Å². The molecular weight excluding hydrogens is 204 g/mol. The summed E-state index contributed by atoms with van der Waals surface area (Å²) in [6, 6.07) is 0.290. The van der Waals surface area contributed by atoms with Crippen LogP contribution in [0.3, 0.4) is 0 Å². The fraction of sp³-hybridized carbons (Fsp3) is 0.667. The lowest BCUT2D eigenvalue weighted by Gasteiger charge is -2.38. The number of nitrogens with zero attached hydrogens (tertiary/aromatic N) is 1. The molecule has 4 nitrogen and oxygen atoms in total. The summed E-state index contributed by atoms with van der Waals surface area (Å²) in [5, 5.41) is 2.93. The number of rotatable bonds is 1. The summed E-state index contributed by atoms with van der Waals surface area (Å²) in [6.45, 7) is 1.74. The number of carbonyl (C=O) groups is 2. The minimum absolute atomic E-state index is 0.144. The third kappa shape index (κ3) is 1.44. The van der Waals surface area contributed by atoms with E-state index in [2.05, 4.69) is 10.2 Å².